The number of phenols is 2. The molecule has 0 saturated heterocycles. The summed E-state index contributed by atoms with van der Waals surface area (Å²) in [5.41, 5.74) is 7.70. The van der Waals surface area contributed by atoms with Gasteiger partial charge in [-0.1, -0.05) is 54.6 Å². The summed E-state index contributed by atoms with van der Waals surface area (Å²) < 4.78 is 0. The Hall–Kier alpha value is -4.55. The van der Waals surface area contributed by atoms with Gasteiger partial charge in [-0.05, 0) is 41.0 Å². The Kier molecular flexibility index (Phi) is 11.8. The number of amides is 3. The Bertz CT molecular complexity index is 1350. The maximum atomic E-state index is 13.6. The van der Waals surface area contributed by atoms with Crippen LogP contribution in [0.15, 0.2) is 78.9 Å². The number of nitrogens with one attached hydrogen (secondary N) is 3. The maximum Gasteiger partial charge on any atom is 0.326 e. The van der Waals surface area contributed by atoms with Crippen molar-refractivity contribution in [1.82, 2.24) is 16.0 Å². The molecule has 0 unspecified atom stereocenters. The van der Waals surface area contributed by atoms with E-state index in [0.717, 1.165) is 0 Å². The van der Waals surface area contributed by atoms with Crippen molar-refractivity contribution in [3.63, 3.8) is 0 Å². The highest BCUT2D eigenvalue weighted by Gasteiger charge is 2.30. The van der Waals surface area contributed by atoms with Gasteiger partial charge in [0.2, 0.25) is 17.7 Å². The lowest BCUT2D eigenvalue weighted by Gasteiger charge is -2.25. The van der Waals surface area contributed by atoms with Crippen molar-refractivity contribution in [3.05, 3.63) is 95.6 Å². The third kappa shape index (κ3) is 9.82. The van der Waals surface area contributed by atoms with Crippen LogP contribution in [0.4, 0.5) is 0 Å². The first-order valence-electron chi connectivity index (χ1n) is 13.2. The van der Waals surface area contributed by atoms with Crippen molar-refractivity contribution in [2.75, 3.05) is 5.75 Å². The van der Waals surface area contributed by atoms with Gasteiger partial charge in [-0.15, -0.1) is 0 Å². The van der Waals surface area contributed by atoms with E-state index in [0.29, 0.717) is 16.7 Å². The summed E-state index contributed by atoms with van der Waals surface area (Å²) in [6, 6.07) is 16.2. The molecule has 0 radical (unpaired) electrons. The molecule has 3 rings (SSSR count). The summed E-state index contributed by atoms with van der Waals surface area (Å²) in [5.74, 6) is -3.24. The standard InChI is InChI=1S/C30H34N4O7S/c31-23(17-42)27(37)32-24(15-19-6-10-21(35)11-7-19)28(38)33-25(14-18-4-2-1-3-5-18)29(39)34-26(30(40)41)16-20-8-12-22(36)13-9-20/h1-13,23-26,35-36,42H,14-17,31H2,(H,32,37)(H,33,38)(H,34,39)(H,40,41)/t23-,24-,25-,26-/m0/s1. The summed E-state index contributed by atoms with van der Waals surface area (Å²) in [6.45, 7) is 0. The van der Waals surface area contributed by atoms with Crippen LogP contribution in [0.25, 0.3) is 0 Å². The Morgan fingerprint density at radius 3 is 1.43 bits per heavy atom. The van der Waals surface area contributed by atoms with Gasteiger partial charge in [0.15, 0.2) is 0 Å². The van der Waals surface area contributed by atoms with E-state index in [9.17, 15) is 34.5 Å². The van der Waals surface area contributed by atoms with Gasteiger partial charge in [0.25, 0.3) is 0 Å². The number of carbonyl (C=O) groups excluding carboxylic acids is 3. The van der Waals surface area contributed by atoms with Crippen LogP contribution in [0, 0.1) is 0 Å². The SMILES string of the molecule is N[C@@H](CS)C(=O)N[C@@H](Cc1ccc(O)cc1)C(=O)N[C@@H](Cc1ccccc1)C(=O)N[C@@H](Cc1ccc(O)cc1)C(=O)O. The number of carbonyl (C=O) groups is 4. The molecule has 0 heterocycles. The number of thiol groups is 1. The molecule has 4 atom stereocenters. The molecule has 222 valence electrons. The van der Waals surface area contributed by atoms with Crippen LogP contribution in [0.3, 0.4) is 0 Å². The number of carboxylic acids is 1. The molecule has 42 heavy (non-hydrogen) atoms. The molecule has 0 spiro atoms. The molecule has 0 aromatic heterocycles. The second kappa shape index (κ2) is 15.5. The van der Waals surface area contributed by atoms with Crippen LogP contribution in [0.5, 0.6) is 11.5 Å². The average molecular weight is 595 g/mol. The lowest BCUT2D eigenvalue weighted by Crippen LogP contribution is -2.58. The molecule has 0 bridgehead atoms. The second-order valence-corrected chi connectivity index (χ2v) is 10.1. The summed E-state index contributed by atoms with van der Waals surface area (Å²) in [5, 5.41) is 36.7. The van der Waals surface area contributed by atoms with Crippen molar-refractivity contribution >= 4 is 36.3 Å². The highest BCUT2D eigenvalue weighted by atomic mass is 32.1. The predicted molar refractivity (Wildman–Crippen MR) is 159 cm³/mol. The molecule has 0 aliphatic carbocycles. The second-order valence-electron chi connectivity index (χ2n) is 9.74. The molecule has 11 nitrogen and oxygen atoms in total. The summed E-state index contributed by atoms with van der Waals surface area (Å²) >= 11 is 4.04. The number of nitrogens with two attached hydrogens (primary N) is 1. The fourth-order valence-corrected chi connectivity index (χ4v) is 4.28. The number of aromatic hydroxyl groups is 2. The smallest absolute Gasteiger partial charge is 0.326 e. The van der Waals surface area contributed by atoms with E-state index in [1.165, 1.54) is 24.3 Å². The monoisotopic (exact) mass is 594 g/mol. The molecule has 0 fully saturated rings. The van der Waals surface area contributed by atoms with E-state index in [4.69, 9.17) is 5.73 Å². The minimum absolute atomic E-state index is 0.0181. The Morgan fingerprint density at radius 1 is 0.619 bits per heavy atom. The number of benzene rings is 3. The number of aliphatic carboxylic acids is 1. The minimum Gasteiger partial charge on any atom is -0.508 e. The normalized spacial score (nSPS) is 13.7. The Labute approximate surface area is 248 Å². The van der Waals surface area contributed by atoms with Crippen molar-refractivity contribution in [1.29, 1.82) is 0 Å². The maximum absolute atomic E-state index is 13.6. The minimum atomic E-state index is -1.32. The highest BCUT2D eigenvalue weighted by molar-refractivity contribution is 7.80. The fraction of sp³-hybridized carbons (Fsp3) is 0.267. The zero-order chi connectivity index (χ0) is 30.6. The van der Waals surface area contributed by atoms with E-state index in [1.807, 2.05) is 0 Å². The topological polar surface area (TPSA) is 191 Å². The van der Waals surface area contributed by atoms with Gasteiger partial charge in [-0.2, -0.15) is 12.6 Å². The number of hydrogen-bond acceptors (Lipinski definition) is 8. The summed E-state index contributed by atoms with van der Waals surface area (Å²) in [7, 11) is 0. The van der Waals surface area contributed by atoms with E-state index in [1.54, 1.807) is 54.6 Å². The van der Waals surface area contributed by atoms with Crippen molar-refractivity contribution in [2.45, 2.75) is 43.4 Å². The number of carboxylic acid groups (broad SMARTS) is 1. The molecule has 0 aliphatic rings. The van der Waals surface area contributed by atoms with Crippen molar-refractivity contribution in [2.24, 2.45) is 5.73 Å². The molecule has 3 aromatic rings. The van der Waals surface area contributed by atoms with Crippen LogP contribution in [0.2, 0.25) is 0 Å². The van der Waals surface area contributed by atoms with Gasteiger partial charge in [0.05, 0.1) is 6.04 Å². The molecule has 0 saturated carbocycles. The lowest BCUT2D eigenvalue weighted by atomic mass is 10.0. The fourth-order valence-electron chi connectivity index (χ4n) is 4.11. The van der Waals surface area contributed by atoms with E-state index < -0.39 is 47.9 Å². The van der Waals surface area contributed by atoms with Crippen LogP contribution >= 0.6 is 12.6 Å². The molecule has 3 aromatic carbocycles. The lowest BCUT2D eigenvalue weighted by molar-refractivity contribution is -0.142. The third-order valence-electron chi connectivity index (χ3n) is 6.45. The van der Waals surface area contributed by atoms with Crippen LogP contribution in [-0.4, -0.2) is 68.9 Å². The first-order chi connectivity index (χ1) is 20.0. The van der Waals surface area contributed by atoms with Gasteiger partial charge < -0.3 is 37.0 Å². The average Bonchev–Trinajstić information content (AvgIpc) is 2.98. The van der Waals surface area contributed by atoms with Crippen LogP contribution < -0.4 is 21.7 Å². The third-order valence-corrected chi connectivity index (χ3v) is 6.84. The number of rotatable bonds is 14. The molecular formula is C30H34N4O7S. The zero-order valence-corrected chi connectivity index (χ0v) is 23.5. The van der Waals surface area contributed by atoms with Gasteiger partial charge in [0, 0.05) is 25.0 Å². The number of phenolic OH excluding ortho intramolecular Hbond substituents is 2. The highest BCUT2D eigenvalue weighted by Crippen LogP contribution is 2.14. The summed E-state index contributed by atoms with van der Waals surface area (Å²) in [4.78, 5) is 51.6. The molecule has 12 heteroatoms. The molecule has 8 N–H and O–H groups in total. The van der Waals surface area contributed by atoms with Crippen molar-refractivity contribution in [3.8, 4) is 11.5 Å². The molecule has 3 amide bonds. The van der Waals surface area contributed by atoms with Gasteiger partial charge in [0.1, 0.15) is 29.6 Å². The van der Waals surface area contributed by atoms with Crippen molar-refractivity contribution < 1.29 is 34.5 Å². The number of hydrogen-bond donors (Lipinski definition) is 8. The van der Waals surface area contributed by atoms with E-state index in [-0.39, 0.29) is 36.5 Å². The van der Waals surface area contributed by atoms with Gasteiger partial charge in [-0.3, -0.25) is 14.4 Å². The quantitative estimate of drug-likeness (QED) is 0.126. The van der Waals surface area contributed by atoms with Crippen LogP contribution in [-0.2, 0) is 38.4 Å². The largest absolute Gasteiger partial charge is 0.508 e. The zero-order valence-electron chi connectivity index (χ0n) is 22.6. The first-order valence-corrected chi connectivity index (χ1v) is 13.8. The molecule has 0 aliphatic heterocycles. The Balaban J connectivity index is 1.84. The van der Waals surface area contributed by atoms with Gasteiger partial charge in [-0.25, -0.2) is 4.79 Å². The molecular weight excluding hydrogens is 560 g/mol. The predicted octanol–water partition coefficient (Wildman–Crippen LogP) is 0.922. The van der Waals surface area contributed by atoms with E-state index >= 15 is 0 Å². The summed E-state index contributed by atoms with van der Waals surface area (Å²) in [6.07, 6.45) is 0.00389. The Morgan fingerprint density at radius 2 is 1.00 bits per heavy atom. The van der Waals surface area contributed by atoms with Crippen LogP contribution in [0.1, 0.15) is 16.7 Å². The van der Waals surface area contributed by atoms with Gasteiger partial charge >= 0.3 is 5.97 Å². The first kappa shape index (κ1) is 32.0. The van der Waals surface area contributed by atoms with E-state index in [2.05, 4.69) is 28.6 Å².